The standard InChI is InChI=1S/C11H26N2/c1-5-9-13(8-4)11(6-2,7-3)10-12/h5-10,12H2,1-4H3. The highest BCUT2D eigenvalue weighted by Gasteiger charge is 2.29. The number of hydrogen-bond donors (Lipinski definition) is 1. The van der Waals surface area contributed by atoms with E-state index in [0.29, 0.717) is 0 Å². The fourth-order valence-corrected chi connectivity index (χ4v) is 2.12. The van der Waals surface area contributed by atoms with E-state index in [1.165, 1.54) is 13.0 Å². The molecule has 0 saturated carbocycles. The van der Waals surface area contributed by atoms with Crippen LogP contribution in [0.4, 0.5) is 0 Å². The minimum atomic E-state index is 0.255. The van der Waals surface area contributed by atoms with Crippen LogP contribution in [0.25, 0.3) is 0 Å². The number of likely N-dealkylation sites (N-methyl/N-ethyl adjacent to an activating group) is 1. The Labute approximate surface area is 83.5 Å². The second-order valence-electron chi connectivity index (χ2n) is 3.72. The lowest BCUT2D eigenvalue weighted by Crippen LogP contribution is -2.53. The predicted octanol–water partition coefficient (Wildman–Crippen LogP) is 2.24. The van der Waals surface area contributed by atoms with Gasteiger partial charge in [0, 0.05) is 12.1 Å². The van der Waals surface area contributed by atoms with Crippen molar-refractivity contribution < 1.29 is 0 Å². The summed E-state index contributed by atoms with van der Waals surface area (Å²) in [4.78, 5) is 2.53. The van der Waals surface area contributed by atoms with Crippen molar-refractivity contribution in [3.8, 4) is 0 Å². The van der Waals surface area contributed by atoms with E-state index >= 15 is 0 Å². The highest BCUT2D eigenvalue weighted by atomic mass is 15.2. The molecule has 2 nitrogen and oxygen atoms in total. The zero-order chi connectivity index (χ0) is 10.3. The van der Waals surface area contributed by atoms with Crippen molar-refractivity contribution in [1.82, 2.24) is 4.90 Å². The minimum absolute atomic E-state index is 0.255. The van der Waals surface area contributed by atoms with Gasteiger partial charge in [-0.1, -0.05) is 27.7 Å². The van der Waals surface area contributed by atoms with Crippen LogP contribution in [-0.4, -0.2) is 30.1 Å². The van der Waals surface area contributed by atoms with E-state index in [4.69, 9.17) is 5.73 Å². The van der Waals surface area contributed by atoms with E-state index in [9.17, 15) is 0 Å². The molecule has 0 saturated heterocycles. The third-order valence-corrected chi connectivity index (χ3v) is 3.24. The summed E-state index contributed by atoms with van der Waals surface area (Å²) in [5.74, 6) is 0. The molecule has 0 amide bonds. The van der Waals surface area contributed by atoms with Gasteiger partial charge in [0.1, 0.15) is 0 Å². The average molecular weight is 186 g/mol. The largest absolute Gasteiger partial charge is 0.329 e. The summed E-state index contributed by atoms with van der Waals surface area (Å²) < 4.78 is 0. The van der Waals surface area contributed by atoms with Crippen LogP contribution >= 0.6 is 0 Å². The molecular formula is C11H26N2. The number of rotatable bonds is 7. The topological polar surface area (TPSA) is 29.3 Å². The van der Waals surface area contributed by atoms with Crippen molar-refractivity contribution in [3.05, 3.63) is 0 Å². The fourth-order valence-electron chi connectivity index (χ4n) is 2.12. The average Bonchev–Trinajstić information content (AvgIpc) is 2.19. The summed E-state index contributed by atoms with van der Waals surface area (Å²) in [6.07, 6.45) is 3.54. The number of nitrogens with zero attached hydrogens (tertiary/aromatic N) is 1. The predicted molar refractivity (Wildman–Crippen MR) is 59.9 cm³/mol. The minimum Gasteiger partial charge on any atom is -0.329 e. The van der Waals surface area contributed by atoms with Crippen molar-refractivity contribution in [2.75, 3.05) is 19.6 Å². The lowest BCUT2D eigenvalue weighted by Gasteiger charge is -2.42. The van der Waals surface area contributed by atoms with Crippen LogP contribution in [0.3, 0.4) is 0 Å². The summed E-state index contributed by atoms with van der Waals surface area (Å²) >= 11 is 0. The molecule has 0 aliphatic heterocycles. The van der Waals surface area contributed by atoms with Crippen LogP contribution in [0.15, 0.2) is 0 Å². The maximum Gasteiger partial charge on any atom is 0.0326 e. The number of hydrogen-bond acceptors (Lipinski definition) is 2. The van der Waals surface area contributed by atoms with Crippen LogP contribution in [0.2, 0.25) is 0 Å². The van der Waals surface area contributed by atoms with E-state index in [-0.39, 0.29) is 5.54 Å². The molecule has 0 radical (unpaired) electrons. The quantitative estimate of drug-likeness (QED) is 0.660. The van der Waals surface area contributed by atoms with E-state index < -0.39 is 0 Å². The van der Waals surface area contributed by atoms with Crippen LogP contribution in [0, 0.1) is 0 Å². The zero-order valence-electron chi connectivity index (χ0n) is 9.77. The fraction of sp³-hybridized carbons (Fsp3) is 1.00. The van der Waals surface area contributed by atoms with Gasteiger partial charge in [-0.05, 0) is 32.4 Å². The summed E-state index contributed by atoms with van der Waals surface area (Å²) in [7, 11) is 0. The Morgan fingerprint density at radius 2 is 1.62 bits per heavy atom. The van der Waals surface area contributed by atoms with Gasteiger partial charge in [0.25, 0.3) is 0 Å². The monoisotopic (exact) mass is 186 g/mol. The van der Waals surface area contributed by atoms with E-state index in [2.05, 4.69) is 32.6 Å². The van der Waals surface area contributed by atoms with Crippen molar-refractivity contribution in [3.63, 3.8) is 0 Å². The molecule has 0 heterocycles. The first-order chi connectivity index (χ1) is 6.20. The molecule has 0 spiro atoms. The molecule has 0 aliphatic carbocycles. The van der Waals surface area contributed by atoms with Gasteiger partial charge >= 0.3 is 0 Å². The number of nitrogens with two attached hydrogens (primary N) is 1. The lowest BCUT2D eigenvalue weighted by molar-refractivity contribution is 0.0909. The van der Waals surface area contributed by atoms with Gasteiger partial charge in [0.2, 0.25) is 0 Å². The van der Waals surface area contributed by atoms with Crippen LogP contribution < -0.4 is 5.73 Å². The molecular weight excluding hydrogens is 160 g/mol. The Hall–Kier alpha value is -0.0800. The summed E-state index contributed by atoms with van der Waals surface area (Å²) in [6, 6.07) is 0. The highest BCUT2D eigenvalue weighted by molar-refractivity contribution is 4.88. The Kier molecular flexibility index (Phi) is 6.35. The first-order valence-corrected chi connectivity index (χ1v) is 5.65. The molecule has 0 bridgehead atoms. The Morgan fingerprint density at radius 3 is 1.85 bits per heavy atom. The van der Waals surface area contributed by atoms with Crippen LogP contribution in [0.5, 0.6) is 0 Å². The summed E-state index contributed by atoms with van der Waals surface area (Å²) in [5.41, 5.74) is 6.15. The first-order valence-electron chi connectivity index (χ1n) is 5.65. The van der Waals surface area contributed by atoms with E-state index in [0.717, 1.165) is 25.9 Å². The summed E-state index contributed by atoms with van der Waals surface area (Å²) in [6.45, 7) is 12.0. The molecule has 0 aliphatic rings. The molecule has 0 fully saturated rings. The van der Waals surface area contributed by atoms with Gasteiger partial charge in [-0.25, -0.2) is 0 Å². The second kappa shape index (κ2) is 6.39. The van der Waals surface area contributed by atoms with Crippen molar-refractivity contribution >= 4 is 0 Å². The Bertz CT molecular complexity index is 111. The maximum atomic E-state index is 5.89. The first kappa shape index (κ1) is 12.9. The van der Waals surface area contributed by atoms with Gasteiger partial charge in [0.05, 0.1) is 0 Å². The van der Waals surface area contributed by atoms with Crippen LogP contribution in [0.1, 0.15) is 47.0 Å². The molecule has 13 heavy (non-hydrogen) atoms. The molecule has 0 unspecified atom stereocenters. The molecule has 2 N–H and O–H groups in total. The van der Waals surface area contributed by atoms with Gasteiger partial charge in [-0.3, -0.25) is 4.90 Å². The molecule has 0 atom stereocenters. The van der Waals surface area contributed by atoms with Gasteiger partial charge < -0.3 is 5.73 Å². The second-order valence-corrected chi connectivity index (χ2v) is 3.72. The maximum absolute atomic E-state index is 5.89. The third-order valence-electron chi connectivity index (χ3n) is 3.24. The van der Waals surface area contributed by atoms with Gasteiger partial charge in [-0.2, -0.15) is 0 Å². The molecule has 0 aromatic carbocycles. The molecule has 2 heteroatoms. The van der Waals surface area contributed by atoms with Crippen molar-refractivity contribution in [2.45, 2.75) is 52.5 Å². The summed E-state index contributed by atoms with van der Waals surface area (Å²) in [5, 5.41) is 0. The zero-order valence-corrected chi connectivity index (χ0v) is 9.77. The highest BCUT2D eigenvalue weighted by Crippen LogP contribution is 2.22. The normalized spacial score (nSPS) is 12.5. The third kappa shape index (κ3) is 2.96. The molecule has 0 rings (SSSR count). The smallest absolute Gasteiger partial charge is 0.0326 e. The van der Waals surface area contributed by atoms with Crippen molar-refractivity contribution in [1.29, 1.82) is 0 Å². The van der Waals surface area contributed by atoms with Gasteiger partial charge in [0.15, 0.2) is 0 Å². The van der Waals surface area contributed by atoms with Gasteiger partial charge in [-0.15, -0.1) is 0 Å². The molecule has 0 aromatic rings. The molecule has 80 valence electrons. The molecule has 0 aromatic heterocycles. The van der Waals surface area contributed by atoms with E-state index in [1.54, 1.807) is 0 Å². The SMILES string of the molecule is CCCN(CC)C(CC)(CC)CN. The Morgan fingerprint density at radius 1 is 1.08 bits per heavy atom. The van der Waals surface area contributed by atoms with E-state index in [1.807, 2.05) is 0 Å². The van der Waals surface area contributed by atoms with Crippen molar-refractivity contribution in [2.24, 2.45) is 5.73 Å². The lowest BCUT2D eigenvalue weighted by atomic mass is 9.90. The van der Waals surface area contributed by atoms with Crippen LogP contribution in [-0.2, 0) is 0 Å². The Balaban J connectivity index is 4.45.